The molecule has 0 aromatic carbocycles. The number of aromatic nitrogens is 2. The van der Waals surface area contributed by atoms with Gasteiger partial charge in [0.2, 0.25) is 0 Å². The number of nitrogens with zero attached hydrogens (tertiary/aromatic N) is 2. The highest BCUT2D eigenvalue weighted by atomic mass is 16.6. The Bertz CT molecular complexity index is 637. The Balaban J connectivity index is 1.82. The van der Waals surface area contributed by atoms with Gasteiger partial charge in [0.05, 0.1) is 23.6 Å². The van der Waals surface area contributed by atoms with E-state index >= 15 is 0 Å². The zero-order valence-electron chi connectivity index (χ0n) is 12.3. The van der Waals surface area contributed by atoms with E-state index in [0.29, 0.717) is 12.0 Å². The van der Waals surface area contributed by atoms with Crippen LogP contribution in [-0.2, 0) is 4.74 Å². The zero-order valence-corrected chi connectivity index (χ0v) is 12.3. The first kappa shape index (κ1) is 12.4. The summed E-state index contributed by atoms with van der Waals surface area (Å²) < 4.78 is 8.38. The van der Waals surface area contributed by atoms with E-state index in [1.165, 1.54) is 48.7 Å². The Morgan fingerprint density at radius 2 is 2.10 bits per heavy atom. The Morgan fingerprint density at radius 1 is 1.30 bits per heavy atom. The van der Waals surface area contributed by atoms with E-state index in [1.807, 2.05) is 12.5 Å². The van der Waals surface area contributed by atoms with Gasteiger partial charge in [-0.3, -0.25) is 0 Å². The van der Waals surface area contributed by atoms with Crippen LogP contribution in [0.2, 0.25) is 0 Å². The molecule has 2 aliphatic rings. The summed E-state index contributed by atoms with van der Waals surface area (Å²) in [5.41, 5.74) is 4.18. The average molecular weight is 270 g/mol. The number of imidazole rings is 1. The van der Waals surface area contributed by atoms with Crippen molar-refractivity contribution in [3.8, 4) is 0 Å². The molecule has 0 bridgehead atoms. The molecule has 106 valence electrons. The first-order chi connectivity index (χ1) is 9.71. The van der Waals surface area contributed by atoms with E-state index in [-0.39, 0.29) is 5.60 Å². The number of hydrogen-bond acceptors (Lipinski definition) is 2. The molecule has 0 N–H and O–H groups in total. The fourth-order valence-electron chi connectivity index (χ4n) is 3.87. The van der Waals surface area contributed by atoms with Crippen LogP contribution in [0.5, 0.6) is 0 Å². The molecule has 3 heterocycles. The molecule has 1 spiro atoms. The van der Waals surface area contributed by atoms with Crippen LogP contribution in [-0.4, -0.2) is 15.0 Å². The molecule has 0 amide bonds. The molecule has 2 aromatic heterocycles. The Hall–Kier alpha value is -1.35. The van der Waals surface area contributed by atoms with Crippen LogP contribution in [0, 0.1) is 0 Å². The Morgan fingerprint density at radius 3 is 2.85 bits per heavy atom. The summed E-state index contributed by atoms with van der Waals surface area (Å²) in [6.07, 6.45) is 12.7. The van der Waals surface area contributed by atoms with E-state index in [4.69, 9.17) is 4.74 Å². The number of hydrogen-bond donors (Lipinski definition) is 0. The lowest BCUT2D eigenvalue weighted by molar-refractivity contribution is 0.233. The van der Waals surface area contributed by atoms with Gasteiger partial charge in [0.25, 0.3) is 0 Å². The van der Waals surface area contributed by atoms with Crippen molar-refractivity contribution >= 4 is 5.52 Å². The van der Waals surface area contributed by atoms with E-state index in [1.54, 1.807) is 0 Å². The highest BCUT2D eigenvalue weighted by Gasteiger charge is 2.58. The Labute approximate surface area is 120 Å². The highest BCUT2D eigenvalue weighted by Crippen LogP contribution is 2.59. The monoisotopic (exact) mass is 270 g/mol. The van der Waals surface area contributed by atoms with Crippen LogP contribution in [0.4, 0.5) is 0 Å². The number of pyridine rings is 1. The highest BCUT2D eigenvalue weighted by molar-refractivity contribution is 5.60. The molecule has 1 aliphatic heterocycles. The minimum absolute atomic E-state index is 0.147. The molecule has 2 aromatic rings. The topological polar surface area (TPSA) is 29.8 Å². The quantitative estimate of drug-likeness (QED) is 0.764. The van der Waals surface area contributed by atoms with E-state index in [0.717, 1.165) is 0 Å². The van der Waals surface area contributed by atoms with E-state index < -0.39 is 0 Å². The molecule has 3 heteroatoms. The molecule has 1 atom stereocenters. The molecule has 1 unspecified atom stereocenters. The molecule has 3 nitrogen and oxygen atoms in total. The maximum atomic E-state index is 6.26. The summed E-state index contributed by atoms with van der Waals surface area (Å²) in [6, 6.07) is 2.24. The SMILES string of the molecule is CC(C)c1ccn2cncc2c1C1OC12CCCCC2. The van der Waals surface area contributed by atoms with E-state index in [9.17, 15) is 0 Å². The third-order valence-corrected chi connectivity index (χ3v) is 5.02. The lowest BCUT2D eigenvalue weighted by Crippen LogP contribution is -2.17. The maximum Gasteiger partial charge on any atom is 0.115 e. The fraction of sp³-hybridized carbons (Fsp3) is 0.588. The summed E-state index contributed by atoms with van der Waals surface area (Å²) in [6.45, 7) is 4.53. The second kappa shape index (κ2) is 4.32. The molecule has 2 fully saturated rings. The first-order valence-corrected chi connectivity index (χ1v) is 7.83. The van der Waals surface area contributed by atoms with Gasteiger partial charge in [-0.1, -0.05) is 33.1 Å². The zero-order chi connectivity index (χ0) is 13.7. The molecule has 1 saturated heterocycles. The molecular weight excluding hydrogens is 248 g/mol. The van der Waals surface area contributed by atoms with Gasteiger partial charge < -0.3 is 9.14 Å². The number of epoxide rings is 1. The lowest BCUT2D eigenvalue weighted by atomic mass is 9.82. The fourth-order valence-corrected chi connectivity index (χ4v) is 3.87. The molecule has 4 rings (SSSR count). The van der Waals surface area contributed by atoms with Gasteiger partial charge in [0.1, 0.15) is 6.10 Å². The second-order valence-electron chi connectivity index (χ2n) is 6.65. The molecule has 1 saturated carbocycles. The normalized spacial score (nSPS) is 24.6. The van der Waals surface area contributed by atoms with Gasteiger partial charge in [-0.15, -0.1) is 0 Å². The first-order valence-electron chi connectivity index (χ1n) is 7.83. The van der Waals surface area contributed by atoms with Crippen molar-refractivity contribution in [3.63, 3.8) is 0 Å². The van der Waals surface area contributed by atoms with Crippen molar-refractivity contribution in [2.45, 2.75) is 63.6 Å². The average Bonchev–Trinajstić information content (AvgIpc) is 2.92. The van der Waals surface area contributed by atoms with Gasteiger partial charge in [0.15, 0.2) is 0 Å². The standard InChI is InChI=1S/C17H22N2O/c1-12(2)13-6-9-19-11-18-10-14(19)15(13)16-17(20-16)7-4-3-5-8-17/h6,9-12,16H,3-5,7-8H2,1-2H3. The molecule has 1 aliphatic carbocycles. The molecular formula is C17H22N2O. The van der Waals surface area contributed by atoms with Crippen LogP contribution in [0.1, 0.15) is 69.1 Å². The van der Waals surface area contributed by atoms with Crippen molar-refractivity contribution in [1.29, 1.82) is 0 Å². The number of fused-ring (bicyclic) bond motifs is 1. The minimum Gasteiger partial charge on any atom is -0.361 e. The maximum absolute atomic E-state index is 6.26. The van der Waals surface area contributed by atoms with E-state index in [2.05, 4.69) is 35.5 Å². The summed E-state index contributed by atoms with van der Waals surface area (Å²) >= 11 is 0. The molecule has 0 radical (unpaired) electrons. The van der Waals surface area contributed by atoms with Gasteiger partial charge in [-0.05, 0) is 30.4 Å². The van der Waals surface area contributed by atoms with Crippen molar-refractivity contribution < 1.29 is 4.74 Å². The summed E-state index contributed by atoms with van der Waals surface area (Å²) in [7, 11) is 0. The van der Waals surface area contributed by atoms with Gasteiger partial charge in [-0.25, -0.2) is 4.98 Å². The van der Waals surface area contributed by atoms with Crippen molar-refractivity contribution in [2.75, 3.05) is 0 Å². The van der Waals surface area contributed by atoms with Gasteiger partial charge in [0, 0.05) is 11.8 Å². The van der Waals surface area contributed by atoms with Gasteiger partial charge >= 0.3 is 0 Å². The smallest absolute Gasteiger partial charge is 0.115 e. The van der Waals surface area contributed by atoms with Crippen molar-refractivity contribution in [1.82, 2.24) is 9.38 Å². The second-order valence-corrected chi connectivity index (χ2v) is 6.65. The van der Waals surface area contributed by atoms with Crippen molar-refractivity contribution in [3.05, 3.63) is 35.9 Å². The number of rotatable bonds is 2. The van der Waals surface area contributed by atoms with Crippen LogP contribution in [0.15, 0.2) is 24.8 Å². The molecule has 20 heavy (non-hydrogen) atoms. The van der Waals surface area contributed by atoms with Crippen LogP contribution in [0.3, 0.4) is 0 Å². The van der Waals surface area contributed by atoms with Crippen LogP contribution < -0.4 is 0 Å². The van der Waals surface area contributed by atoms with Crippen LogP contribution >= 0.6 is 0 Å². The predicted molar refractivity (Wildman–Crippen MR) is 78.9 cm³/mol. The Kier molecular flexibility index (Phi) is 2.68. The van der Waals surface area contributed by atoms with Crippen molar-refractivity contribution in [2.24, 2.45) is 0 Å². The lowest BCUT2D eigenvalue weighted by Gasteiger charge is -2.20. The van der Waals surface area contributed by atoms with Crippen LogP contribution in [0.25, 0.3) is 5.52 Å². The van der Waals surface area contributed by atoms with Gasteiger partial charge in [-0.2, -0.15) is 0 Å². The third-order valence-electron chi connectivity index (χ3n) is 5.02. The third kappa shape index (κ3) is 1.72. The summed E-state index contributed by atoms with van der Waals surface area (Å²) in [5, 5.41) is 0. The largest absolute Gasteiger partial charge is 0.361 e. The summed E-state index contributed by atoms with van der Waals surface area (Å²) in [5.74, 6) is 0.523. The minimum atomic E-state index is 0.147. The summed E-state index contributed by atoms with van der Waals surface area (Å²) in [4.78, 5) is 4.31. The number of ether oxygens (including phenoxy) is 1. The predicted octanol–water partition coefficient (Wildman–Crippen LogP) is 4.23.